The van der Waals surface area contributed by atoms with Crippen molar-refractivity contribution in [2.45, 2.75) is 37.5 Å². The molecule has 3 N–H and O–H groups in total. The molecule has 3 nitrogen and oxygen atoms in total. The molecule has 0 radical (unpaired) electrons. The molecular formula is C20H25NO2. The highest BCUT2D eigenvalue weighted by Crippen LogP contribution is 2.39. The Morgan fingerprint density at radius 1 is 1.13 bits per heavy atom. The van der Waals surface area contributed by atoms with Crippen molar-refractivity contribution in [2.75, 3.05) is 13.6 Å². The van der Waals surface area contributed by atoms with Gasteiger partial charge in [0.25, 0.3) is 0 Å². The lowest BCUT2D eigenvalue weighted by atomic mass is 9.76. The molecule has 122 valence electrons. The van der Waals surface area contributed by atoms with Crippen LogP contribution in [0.2, 0.25) is 0 Å². The van der Waals surface area contributed by atoms with E-state index in [2.05, 4.69) is 17.4 Å². The van der Waals surface area contributed by atoms with Crippen LogP contribution in [0.4, 0.5) is 0 Å². The molecule has 0 saturated heterocycles. The molecule has 3 heteroatoms. The first kappa shape index (κ1) is 15.9. The van der Waals surface area contributed by atoms with Gasteiger partial charge in [0, 0.05) is 6.54 Å². The average molecular weight is 311 g/mol. The zero-order valence-corrected chi connectivity index (χ0v) is 13.6. The van der Waals surface area contributed by atoms with Gasteiger partial charge in [0.05, 0.1) is 0 Å². The maximum atomic E-state index is 9.78. The number of phenols is 2. The second-order valence-electron chi connectivity index (χ2n) is 6.56. The van der Waals surface area contributed by atoms with E-state index in [1.165, 1.54) is 29.5 Å². The summed E-state index contributed by atoms with van der Waals surface area (Å²) in [5.74, 6) is 1.58. The molecule has 0 saturated carbocycles. The molecule has 0 aromatic heterocycles. The molecule has 0 aliphatic heterocycles. The van der Waals surface area contributed by atoms with Crippen molar-refractivity contribution in [3.8, 4) is 11.5 Å². The van der Waals surface area contributed by atoms with Crippen molar-refractivity contribution >= 4 is 0 Å². The number of benzene rings is 2. The molecule has 1 aliphatic carbocycles. The number of rotatable bonds is 5. The van der Waals surface area contributed by atoms with Crippen LogP contribution < -0.4 is 5.32 Å². The SMILES string of the molecule is CNCC(CC1CCCc2cc(O)ccc21)c1cccc(O)c1. The Labute approximate surface area is 138 Å². The Bertz CT molecular complexity index is 668. The minimum atomic E-state index is 0.331. The highest BCUT2D eigenvalue weighted by Gasteiger charge is 2.24. The molecule has 0 fully saturated rings. The van der Waals surface area contributed by atoms with Gasteiger partial charge >= 0.3 is 0 Å². The summed E-state index contributed by atoms with van der Waals surface area (Å²) in [7, 11) is 1.97. The van der Waals surface area contributed by atoms with Crippen LogP contribution in [0.15, 0.2) is 42.5 Å². The first-order chi connectivity index (χ1) is 11.2. The molecule has 2 aromatic rings. The summed E-state index contributed by atoms with van der Waals surface area (Å²) in [6.07, 6.45) is 4.48. The summed E-state index contributed by atoms with van der Waals surface area (Å²) in [4.78, 5) is 0. The van der Waals surface area contributed by atoms with Crippen molar-refractivity contribution in [2.24, 2.45) is 0 Å². The minimum absolute atomic E-state index is 0.331. The van der Waals surface area contributed by atoms with E-state index in [-0.39, 0.29) is 0 Å². The number of fused-ring (bicyclic) bond motifs is 1. The summed E-state index contributed by atoms with van der Waals surface area (Å²) in [5, 5.41) is 22.8. The van der Waals surface area contributed by atoms with E-state index in [4.69, 9.17) is 0 Å². The van der Waals surface area contributed by atoms with Crippen LogP contribution in [0.5, 0.6) is 11.5 Å². The van der Waals surface area contributed by atoms with Gasteiger partial charge in [-0.15, -0.1) is 0 Å². The molecule has 2 aromatic carbocycles. The van der Waals surface area contributed by atoms with Gasteiger partial charge in [-0.3, -0.25) is 0 Å². The van der Waals surface area contributed by atoms with Crippen molar-refractivity contribution < 1.29 is 10.2 Å². The van der Waals surface area contributed by atoms with E-state index in [9.17, 15) is 10.2 Å². The van der Waals surface area contributed by atoms with Gasteiger partial charge in [-0.25, -0.2) is 0 Å². The highest BCUT2D eigenvalue weighted by atomic mass is 16.3. The fraction of sp³-hybridized carbons (Fsp3) is 0.400. The molecule has 0 spiro atoms. The Morgan fingerprint density at radius 3 is 2.74 bits per heavy atom. The number of likely N-dealkylation sites (N-methyl/N-ethyl adjacent to an activating group) is 1. The van der Waals surface area contributed by atoms with Gasteiger partial charge in [0.1, 0.15) is 11.5 Å². The first-order valence-electron chi connectivity index (χ1n) is 8.42. The van der Waals surface area contributed by atoms with Gasteiger partial charge in [-0.05, 0) is 85.5 Å². The third-order valence-corrected chi connectivity index (χ3v) is 4.93. The molecule has 2 unspecified atom stereocenters. The van der Waals surface area contributed by atoms with E-state index in [1.807, 2.05) is 25.2 Å². The van der Waals surface area contributed by atoms with Crippen LogP contribution in [0.1, 0.15) is 47.8 Å². The Balaban J connectivity index is 1.84. The zero-order valence-electron chi connectivity index (χ0n) is 13.6. The van der Waals surface area contributed by atoms with Gasteiger partial charge in [-0.1, -0.05) is 18.2 Å². The minimum Gasteiger partial charge on any atom is -0.508 e. The fourth-order valence-electron chi connectivity index (χ4n) is 3.85. The average Bonchev–Trinajstić information content (AvgIpc) is 2.54. The van der Waals surface area contributed by atoms with Crippen LogP contribution in [0, 0.1) is 0 Å². The quantitative estimate of drug-likeness (QED) is 0.784. The van der Waals surface area contributed by atoms with E-state index in [0.29, 0.717) is 23.3 Å². The molecule has 3 rings (SSSR count). The van der Waals surface area contributed by atoms with E-state index in [1.54, 1.807) is 12.1 Å². The second-order valence-corrected chi connectivity index (χ2v) is 6.56. The predicted molar refractivity (Wildman–Crippen MR) is 93.2 cm³/mol. The molecular weight excluding hydrogens is 286 g/mol. The summed E-state index contributed by atoms with van der Waals surface area (Å²) in [6.45, 7) is 0.896. The number of hydrogen-bond donors (Lipinski definition) is 3. The van der Waals surface area contributed by atoms with E-state index < -0.39 is 0 Å². The largest absolute Gasteiger partial charge is 0.508 e. The first-order valence-corrected chi connectivity index (χ1v) is 8.42. The van der Waals surface area contributed by atoms with Crippen LogP contribution in [-0.2, 0) is 6.42 Å². The Kier molecular flexibility index (Phi) is 4.87. The highest BCUT2D eigenvalue weighted by molar-refractivity contribution is 5.39. The number of aryl methyl sites for hydroxylation is 1. The lowest BCUT2D eigenvalue weighted by Gasteiger charge is -2.29. The van der Waals surface area contributed by atoms with Crippen molar-refractivity contribution in [1.82, 2.24) is 5.32 Å². The number of nitrogens with one attached hydrogen (secondary N) is 1. The van der Waals surface area contributed by atoms with Gasteiger partial charge in [0.15, 0.2) is 0 Å². The van der Waals surface area contributed by atoms with Gasteiger partial charge in [0.2, 0.25) is 0 Å². The standard InChI is InChI=1S/C20H25NO2/c1-21-13-17(14-4-3-7-18(22)11-14)10-15-5-2-6-16-12-19(23)8-9-20(15)16/h3-4,7-9,11-12,15,17,21-23H,2,5-6,10,13H2,1H3. The van der Waals surface area contributed by atoms with Crippen LogP contribution in [0.25, 0.3) is 0 Å². The third kappa shape index (κ3) is 3.67. The fourth-order valence-corrected chi connectivity index (χ4v) is 3.85. The maximum Gasteiger partial charge on any atom is 0.115 e. The molecule has 23 heavy (non-hydrogen) atoms. The molecule has 0 amide bonds. The van der Waals surface area contributed by atoms with Gasteiger partial charge in [-0.2, -0.15) is 0 Å². The molecule has 0 heterocycles. The lowest BCUT2D eigenvalue weighted by Crippen LogP contribution is -2.21. The summed E-state index contributed by atoms with van der Waals surface area (Å²) >= 11 is 0. The normalized spacial score (nSPS) is 18.4. The van der Waals surface area contributed by atoms with Crippen LogP contribution >= 0.6 is 0 Å². The molecule has 0 bridgehead atoms. The third-order valence-electron chi connectivity index (χ3n) is 4.93. The monoisotopic (exact) mass is 311 g/mol. The summed E-state index contributed by atoms with van der Waals surface area (Å²) in [5.41, 5.74) is 3.86. The number of hydrogen-bond acceptors (Lipinski definition) is 3. The Morgan fingerprint density at radius 2 is 1.96 bits per heavy atom. The second kappa shape index (κ2) is 7.05. The van der Waals surface area contributed by atoms with Crippen LogP contribution in [0.3, 0.4) is 0 Å². The van der Waals surface area contributed by atoms with E-state index >= 15 is 0 Å². The van der Waals surface area contributed by atoms with Crippen molar-refractivity contribution in [1.29, 1.82) is 0 Å². The summed E-state index contributed by atoms with van der Waals surface area (Å²) in [6, 6.07) is 13.4. The van der Waals surface area contributed by atoms with Crippen molar-refractivity contribution in [3.63, 3.8) is 0 Å². The predicted octanol–water partition coefficient (Wildman–Crippen LogP) is 3.91. The Hall–Kier alpha value is -2.00. The number of phenolic OH excluding ortho intramolecular Hbond substituents is 2. The van der Waals surface area contributed by atoms with Crippen molar-refractivity contribution in [3.05, 3.63) is 59.2 Å². The molecule has 2 atom stereocenters. The lowest BCUT2D eigenvalue weighted by molar-refractivity contribution is 0.448. The smallest absolute Gasteiger partial charge is 0.115 e. The molecule has 1 aliphatic rings. The van der Waals surface area contributed by atoms with Gasteiger partial charge < -0.3 is 15.5 Å². The van der Waals surface area contributed by atoms with Crippen LogP contribution in [-0.4, -0.2) is 23.8 Å². The van der Waals surface area contributed by atoms with E-state index in [0.717, 1.165) is 19.4 Å². The maximum absolute atomic E-state index is 9.78. The number of aromatic hydroxyl groups is 2. The summed E-state index contributed by atoms with van der Waals surface area (Å²) < 4.78 is 0. The zero-order chi connectivity index (χ0) is 16.2. The topological polar surface area (TPSA) is 52.5 Å².